The van der Waals surface area contributed by atoms with E-state index in [1.807, 2.05) is 31.2 Å². The molecule has 4 nitrogen and oxygen atoms in total. The van der Waals surface area contributed by atoms with E-state index in [2.05, 4.69) is 31.2 Å². The third kappa shape index (κ3) is 3.91. The number of hydrogen-bond donors (Lipinski definition) is 1. The Hall–Kier alpha value is -2.17. The van der Waals surface area contributed by atoms with Gasteiger partial charge >= 0.3 is 0 Å². The van der Waals surface area contributed by atoms with Crippen LogP contribution in [-0.4, -0.2) is 47.8 Å². The Morgan fingerprint density at radius 3 is 2.52 bits per heavy atom. The zero-order valence-corrected chi connectivity index (χ0v) is 14.8. The number of carbonyl (C=O) groups is 1. The maximum atomic E-state index is 13.1. The maximum Gasteiger partial charge on any atom is 0.254 e. The van der Waals surface area contributed by atoms with Gasteiger partial charge in [0.15, 0.2) is 0 Å². The van der Waals surface area contributed by atoms with Gasteiger partial charge in [-0.25, -0.2) is 0 Å². The van der Waals surface area contributed by atoms with Gasteiger partial charge in [-0.3, -0.25) is 4.79 Å². The van der Waals surface area contributed by atoms with Crippen molar-refractivity contribution in [1.29, 1.82) is 0 Å². The van der Waals surface area contributed by atoms with Crippen LogP contribution in [0.4, 0.5) is 0 Å². The minimum absolute atomic E-state index is 0.0419. The number of rotatable bonds is 5. The van der Waals surface area contributed by atoms with Crippen molar-refractivity contribution < 1.29 is 14.6 Å². The second-order valence-corrected chi connectivity index (χ2v) is 6.58. The molecule has 132 valence electrons. The van der Waals surface area contributed by atoms with Gasteiger partial charge in [-0.05, 0) is 37.5 Å². The molecule has 2 atom stereocenters. The third-order valence-electron chi connectivity index (χ3n) is 4.79. The first-order chi connectivity index (χ1) is 12.1. The summed E-state index contributed by atoms with van der Waals surface area (Å²) in [6, 6.07) is 15.8. The summed E-state index contributed by atoms with van der Waals surface area (Å²) in [5.74, 6) is -0.0419. The monoisotopic (exact) mass is 339 g/mol. The molecule has 0 radical (unpaired) electrons. The maximum absolute atomic E-state index is 13.1. The summed E-state index contributed by atoms with van der Waals surface area (Å²) in [6.07, 6.45) is 0.0943. The van der Waals surface area contributed by atoms with Crippen LogP contribution in [0.25, 0.3) is 0 Å². The highest BCUT2D eigenvalue weighted by Crippen LogP contribution is 2.21. The van der Waals surface area contributed by atoms with E-state index in [1.165, 1.54) is 11.1 Å². The molecule has 1 aliphatic rings. The first kappa shape index (κ1) is 17.6. The van der Waals surface area contributed by atoms with Crippen molar-refractivity contribution in [1.82, 2.24) is 4.90 Å². The van der Waals surface area contributed by atoms with Crippen LogP contribution in [0.15, 0.2) is 48.5 Å². The number of aliphatic hydroxyl groups is 1. The fourth-order valence-corrected chi connectivity index (χ4v) is 3.32. The first-order valence-electron chi connectivity index (χ1n) is 8.80. The Kier molecular flexibility index (Phi) is 5.51. The van der Waals surface area contributed by atoms with Crippen LogP contribution in [0.1, 0.15) is 34.0 Å². The zero-order chi connectivity index (χ0) is 17.8. The van der Waals surface area contributed by atoms with Crippen molar-refractivity contribution in [2.75, 3.05) is 19.8 Å². The Morgan fingerprint density at radius 2 is 1.88 bits per heavy atom. The summed E-state index contributed by atoms with van der Waals surface area (Å²) in [5.41, 5.74) is 4.10. The molecule has 0 aromatic heterocycles. The van der Waals surface area contributed by atoms with E-state index >= 15 is 0 Å². The van der Waals surface area contributed by atoms with Crippen LogP contribution in [0.2, 0.25) is 0 Å². The molecule has 0 bridgehead atoms. The second-order valence-electron chi connectivity index (χ2n) is 6.58. The molecule has 0 saturated carbocycles. The molecule has 0 spiro atoms. The van der Waals surface area contributed by atoms with Crippen LogP contribution < -0.4 is 0 Å². The Morgan fingerprint density at radius 1 is 1.16 bits per heavy atom. The second kappa shape index (κ2) is 7.81. The van der Waals surface area contributed by atoms with E-state index in [9.17, 15) is 9.90 Å². The first-order valence-corrected chi connectivity index (χ1v) is 8.80. The fraction of sp³-hybridized carbons (Fsp3) is 0.381. The summed E-state index contributed by atoms with van der Waals surface area (Å²) in [7, 11) is 0. The lowest BCUT2D eigenvalue weighted by molar-refractivity contribution is 0.0519. The van der Waals surface area contributed by atoms with E-state index in [0.717, 1.165) is 5.56 Å². The molecule has 1 saturated heterocycles. The number of aryl methyl sites for hydroxylation is 1. The van der Waals surface area contributed by atoms with Gasteiger partial charge in [-0.2, -0.15) is 0 Å². The van der Waals surface area contributed by atoms with Gasteiger partial charge in [0.2, 0.25) is 0 Å². The molecule has 0 aliphatic carbocycles. The van der Waals surface area contributed by atoms with Crippen molar-refractivity contribution in [3.05, 3.63) is 70.8 Å². The molecule has 1 N–H and O–H groups in total. The van der Waals surface area contributed by atoms with Crippen LogP contribution in [0, 0.1) is 6.92 Å². The van der Waals surface area contributed by atoms with E-state index in [-0.39, 0.29) is 11.9 Å². The minimum atomic E-state index is -0.617. The minimum Gasteiger partial charge on any atom is -0.388 e. The summed E-state index contributed by atoms with van der Waals surface area (Å²) in [5, 5.41) is 10.1. The number of amides is 1. The molecule has 1 fully saturated rings. The summed E-state index contributed by atoms with van der Waals surface area (Å²) < 4.78 is 5.33. The Labute approximate surface area is 149 Å². The van der Waals surface area contributed by atoms with Crippen LogP contribution >= 0.6 is 0 Å². The highest BCUT2D eigenvalue weighted by atomic mass is 16.5. The lowest BCUT2D eigenvalue weighted by atomic mass is 9.97. The van der Waals surface area contributed by atoms with Crippen molar-refractivity contribution in [3.63, 3.8) is 0 Å². The van der Waals surface area contributed by atoms with E-state index in [0.29, 0.717) is 31.7 Å². The smallest absolute Gasteiger partial charge is 0.254 e. The fourth-order valence-electron chi connectivity index (χ4n) is 3.32. The van der Waals surface area contributed by atoms with Crippen molar-refractivity contribution >= 4 is 5.91 Å². The molecule has 2 aromatic carbocycles. The zero-order valence-electron chi connectivity index (χ0n) is 14.8. The standard InChI is InChI=1S/C21H25NO3/c1-3-22(19-13-25-14-20(19)23)21(24)18-7-5-4-6-17(18)12-16-10-8-15(2)9-11-16/h4-11,19-20,23H,3,12-14H2,1-2H3. The van der Waals surface area contributed by atoms with Gasteiger partial charge in [0, 0.05) is 12.1 Å². The van der Waals surface area contributed by atoms with Gasteiger partial charge in [-0.1, -0.05) is 48.0 Å². The van der Waals surface area contributed by atoms with E-state index < -0.39 is 6.10 Å². The lowest BCUT2D eigenvalue weighted by Crippen LogP contribution is -2.46. The highest BCUT2D eigenvalue weighted by Gasteiger charge is 2.34. The predicted molar refractivity (Wildman–Crippen MR) is 97.8 cm³/mol. The molecular weight excluding hydrogens is 314 g/mol. The molecule has 1 amide bonds. The number of carbonyl (C=O) groups excluding carboxylic acids is 1. The van der Waals surface area contributed by atoms with Gasteiger partial charge < -0.3 is 14.7 Å². The Bertz CT molecular complexity index is 726. The SMILES string of the molecule is CCN(C(=O)c1ccccc1Cc1ccc(C)cc1)C1COCC1O. The van der Waals surface area contributed by atoms with Crippen molar-refractivity contribution in [2.45, 2.75) is 32.4 Å². The number of benzene rings is 2. The van der Waals surface area contributed by atoms with Crippen LogP contribution in [0.3, 0.4) is 0 Å². The Balaban J connectivity index is 1.86. The van der Waals surface area contributed by atoms with Crippen LogP contribution in [0.5, 0.6) is 0 Å². The highest BCUT2D eigenvalue weighted by molar-refractivity contribution is 5.96. The number of aliphatic hydroxyl groups excluding tert-OH is 1. The predicted octanol–water partition coefficient (Wildman–Crippen LogP) is 2.81. The molecule has 25 heavy (non-hydrogen) atoms. The van der Waals surface area contributed by atoms with Gasteiger partial charge in [0.1, 0.15) is 0 Å². The van der Waals surface area contributed by atoms with Gasteiger partial charge in [0.25, 0.3) is 5.91 Å². The van der Waals surface area contributed by atoms with E-state index in [1.54, 1.807) is 4.90 Å². The molecule has 1 aliphatic heterocycles. The van der Waals surface area contributed by atoms with Crippen molar-refractivity contribution in [3.8, 4) is 0 Å². The third-order valence-corrected chi connectivity index (χ3v) is 4.79. The summed E-state index contributed by atoms with van der Waals surface area (Å²) in [4.78, 5) is 14.9. The summed E-state index contributed by atoms with van der Waals surface area (Å²) >= 11 is 0. The van der Waals surface area contributed by atoms with Gasteiger partial charge in [-0.15, -0.1) is 0 Å². The molecule has 2 aromatic rings. The van der Waals surface area contributed by atoms with Crippen molar-refractivity contribution in [2.24, 2.45) is 0 Å². The number of hydrogen-bond acceptors (Lipinski definition) is 3. The van der Waals surface area contributed by atoms with Crippen LogP contribution in [-0.2, 0) is 11.2 Å². The topological polar surface area (TPSA) is 49.8 Å². The van der Waals surface area contributed by atoms with Gasteiger partial charge in [0.05, 0.1) is 25.4 Å². The largest absolute Gasteiger partial charge is 0.388 e. The lowest BCUT2D eigenvalue weighted by Gasteiger charge is -2.29. The number of ether oxygens (including phenoxy) is 1. The molecule has 1 heterocycles. The normalized spacial score (nSPS) is 19.8. The summed E-state index contributed by atoms with van der Waals surface area (Å²) in [6.45, 7) is 5.23. The van der Waals surface area contributed by atoms with E-state index in [4.69, 9.17) is 4.74 Å². The quantitative estimate of drug-likeness (QED) is 0.911. The molecule has 4 heteroatoms. The average molecular weight is 339 g/mol. The number of likely N-dealkylation sites (N-methyl/N-ethyl adjacent to an activating group) is 1. The molecule has 2 unspecified atom stereocenters. The average Bonchev–Trinajstić information content (AvgIpc) is 3.04. The number of nitrogens with zero attached hydrogens (tertiary/aromatic N) is 1. The molecular formula is C21H25NO3. The molecule has 3 rings (SSSR count).